The van der Waals surface area contributed by atoms with E-state index >= 15 is 0 Å². The number of halogens is 1. The number of nitrogen functional groups attached to an aromatic ring is 1. The highest BCUT2D eigenvalue weighted by atomic mass is 79.9. The summed E-state index contributed by atoms with van der Waals surface area (Å²) in [4.78, 5) is 0. The van der Waals surface area contributed by atoms with Crippen molar-refractivity contribution in [3.05, 3.63) is 34.9 Å². The Labute approximate surface area is 113 Å². The third-order valence-electron chi connectivity index (χ3n) is 3.24. The second kappa shape index (κ2) is 3.88. The molecule has 0 spiro atoms. The number of nitrogens with two attached hydrogens (primary N) is 1. The summed E-state index contributed by atoms with van der Waals surface area (Å²) in [7, 11) is 3.94. The number of hydrogen-bond acceptors (Lipinski definition) is 2. The lowest BCUT2D eigenvalue weighted by Gasteiger charge is -2.05. The maximum atomic E-state index is 5.99. The van der Waals surface area contributed by atoms with Crippen molar-refractivity contribution in [1.82, 2.24) is 14.3 Å². The minimum Gasteiger partial charge on any atom is -0.396 e. The molecule has 0 fully saturated rings. The first kappa shape index (κ1) is 11.3. The highest BCUT2D eigenvalue weighted by molar-refractivity contribution is 9.10. The van der Waals surface area contributed by atoms with E-state index in [1.54, 1.807) is 10.9 Å². The monoisotopic (exact) mass is 304 g/mol. The fourth-order valence-electron chi connectivity index (χ4n) is 2.32. The van der Waals surface area contributed by atoms with Crippen molar-refractivity contribution in [3.63, 3.8) is 0 Å². The van der Waals surface area contributed by atoms with Crippen LogP contribution in [0.1, 0.15) is 0 Å². The highest BCUT2D eigenvalue weighted by Gasteiger charge is 2.15. The molecule has 18 heavy (non-hydrogen) atoms. The van der Waals surface area contributed by atoms with Crippen molar-refractivity contribution < 1.29 is 0 Å². The van der Waals surface area contributed by atoms with Gasteiger partial charge in [0.1, 0.15) is 5.69 Å². The molecule has 0 aliphatic carbocycles. The molecule has 5 heteroatoms. The van der Waals surface area contributed by atoms with Crippen LogP contribution in [0.2, 0.25) is 0 Å². The molecule has 0 radical (unpaired) electrons. The molecule has 0 saturated carbocycles. The summed E-state index contributed by atoms with van der Waals surface area (Å²) in [5, 5.41) is 5.37. The normalized spacial score (nSPS) is 11.3. The van der Waals surface area contributed by atoms with Crippen molar-refractivity contribution in [2.45, 2.75) is 0 Å². The molecule has 1 aromatic carbocycles. The molecule has 0 saturated heterocycles. The zero-order valence-corrected chi connectivity index (χ0v) is 11.8. The maximum absolute atomic E-state index is 5.99. The van der Waals surface area contributed by atoms with Crippen molar-refractivity contribution in [1.29, 1.82) is 0 Å². The van der Waals surface area contributed by atoms with E-state index < -0.39 is 0 Å². The van der Waals surface area contributed by atoms with Gasteiger partial charge in [-0.15, -0.1) is 0 Å². The fraction of sp³-hybridized carbons (Fsp3) is 0.154. The fourth-order valence-corrected chi connectivity index (χ4v) is 2.79. The van der Waals surface area contributed by atoms with Gasteiger partial charge in [0.25, 0.3) is 0 Å². The lowest BCUT2D eigenvalue weighted by atomic mass is 10.2. The van der Waals surface area contributed by atoms with E-state index in [9.17, 15) is 0 Å². The Kier molecular flexibility index (Phi) is 2.45. The molecule has 0 bridgehead atoms. The van der Waals surface area contributed by atoms with Gasteiger partial charge in [0.2, 0.25) is 0 Å². The van der Waals surface area contributed by atoms with Crippen molar-refractivity contribution in [3.8, 4) is 11.4 Å². The van der Waals surface area contributed by atoms with Gasteiger partial charge in [0.15, 0.2) is 0 Å². The van der Waals surface area contributed by atoms with E-state index in [1.807, 2.05) is 26.2 Å². The maximum Gasteiger partial charge on any atom is 0.107 e. The summed E-state index contributed by atoms with van der Waals surface area (Å²) in [5.41, 5.74) is 9.86. The number of nitrogens with zero attached hydrogens (tertiary/aromatic N) is 3. The van der Waals surface area contributed by atoms with E-state index in [2.05, 4.69) is 37.7 Å². The molecular weight excluding hydrogens is 292 g/mol. The van der Waals surface area contributed by atoms with E-state index in [4.69, 9.17) is 5.73 Å². The second-order valence-electron chi connectivity index (χ2n) is 4.33. The SMILES string of the molecule is Cn1ncc(N)c1-c1cc2c(Br)cccc2n1C. The zero-order valence-electron chi connectivity index (χ0n) is 10.2. The van der Waals surface area contributed by atoms with Crippen LogP contribution in [-0.4, -0.2) is 14.3 Å². The predicted molar refractivity (Wildman–Crippen MR) is 77.2 cm³/mol. The van der Waals surface area contributed by atoms with Gasteiger partial charge in [0.05, 0.1) is 17.6 Å². The minimum absolute atomic E-state index is 0.694. The average Bonchev–Trinajstić information content (AvgIpc) is 2.83. The van der Waals surface area contributed by atoms with E-state index in [-0.39, 0.29) is 0 Å². The molecule has 2 N–H and O–H groups in total. The molecule has 92 valence electrons. The molecule has 3 rings (SSSR count). The van der Waals surface area contributed by atoms with Crippen molar-refractivity contribution in [2.75, 3.05) is 5.73 Å². The molecule has 0 aliphatic rings. The number of rotatable bonds is 1. The van der Waals surface area contributed by atoms with Crippen LogP contribution in [0.25, 0.3) is 22.3 Å². The molecular formula is C13H13BrN4. The first-order valence-corrected chi connectivity index (χ1v) is 6.40. The lowest BCUT2D eigenvalue weighted by Crippen LogP contribution is -2.00. The Morgan fingerprint density at radius 3 is 2.67 bits per heavy atom. The van der Waals surface area contributed by atoms with Gasteiger partial charge in [-0.1, -0.05) is 22.0 Å². The summed E-state index contributed by atoms with van der Waals surface area (Å²) in [6, 6.07) is 8.30. The van der Waals surface area contributed by atoms with Crippen LogP contribution in [0.5, 0.6) is 0 Å². The second-order valence-corrected chi connectivity index (χ2v) is 5.19. The van der Waals surface area contributed by atoms with Crippen LogP contribution in [0.4, 0.5) is 5.69 Å². The predicted octanol–water partition coefficient (Wildman–Crippen LogP) is 2.92. The number of aryl methyl sites for hydroxylation is 2. The summed E-state index contributed by atoms with van der Waals surface area (Å²) < 4.78 is 5.02. The molecule has 0 amide bonds. The van der Waals surface area contributed by atoms with Crippen LogP contribution in [0.3, 0.4) is 0 Å². The summed E-state index contributed by atoms with van der Waals surface area (Å²) in [5.74, 6) is 0. The lowest BCUT2D eigenvalue weighted by molar-refractivity contribution is 0.768. The topological polar surface area (TPSA) is 48.8 Å². The summed E-state index contributed by atoms with van der Waals surface area (Å²) in [6.07, 6.45) is 1.68. The Morgan fingerprint density at radius 1 is 1.28 bits per heavy atom. The standard InChI is InChI=1S/C13H13BrN4/c1-17-11-5-3-4-9(14)8(11)6-12(17)13-10(15)7-16-18(13)2/h3-7H,15H2,1-2H3. The summed E-state index contributed by atoms with van der Waals surface area (Å²) >= 11 is 3.58. The molecule has 0 atom stereocenters. The van der Waals surface area contributed by atoms with E-state index in [1.165, 1.54) is 10.9 Å². The third kappa shape index (κ3) is 1.47. The Morgan fingerprint density at radius 2 is 2.06 bits per heavy atom. The molecule has 0 unspecified atom stereocenters. The molecule has 2 heterocycles. The van der Waals surface area contributed by atoms with Crippen molar-refractivity contribution in [2.24, 2.45) is 14.1 Å². The Bertz CT molecular complexity index is 719. The van der Waals surface area contributed by atoms with Crippen LogP contribution in [0, 0.1) is 0 Å². The molecule has 3 aromatic rings. The van der Waals surface area contributed by atoms with Gasteiger partial charge in [0, 0.05) is 29.5 Å². The third-order valence-corrected chi connectivity index (χ3v) is 3.93. The largest absolute Gasteiger partial charge is 0.396 e. The van der Waals surface area contributed by atoms with Gasteiger partial charge >= 0.3 is 0 Å². The highest BCUT2D eigenvalue weighted by Crippen LogP contribution is 2.33. The Balaban J connectivity index is 2.38. The number of anilines is 1. The summed E-state index contributed by atoms with van der Waals surface area (Å²) in [6.45, 7) is 0. The first-order chi connectivity index (χ1) is 8.59. The van der Waals surface area contributed by atoms with E-state index in [0.717, 1.165) is 15.9 Å². The van der Waals surface area contributed by atoms with Gasteiger partial charge in [-0.3, -0.25) is 4.68 Å². The first-order valence-electron chi connectivity index (χ1n) is 5.61. The van der Waals surface area contributed by atoms with Crippen LogP contribution in [0.15, 0.2) is 34.9 Å². The van der Waals surface area contributed by atoms with E-state index in [0.29, 0.717) is 5.69 Å². The van der Waals surface area contributed by atoms with Crippen LogP contribution in [-0.2, 0) is 14.1 Å². The number of aromatic nitrogens is 3. The average molecular weight is 305 g/mol. The number of benzene rings is 1. The Hall–Kier alpha value is -1.75. The zero-order chi connectivity index (χ0) is 12.9. The minimum atomic E-state index is 0.694. The quantitative estimate of drug-likeness (QED) is 0.751. The molecule has 4 nitrogen and oxygen atoms in total. The smallest absolute Gasteiger partial charge is 0.107 e. The van der Waals surface area contributed by atoms with Gasteiger partial charge in [-0.05, 0) is 18.2 Å². The van der Waals surface area contributed by atoms with Crippen molar-refractivity contribution >= 4 is 32.5 Å². The van der Waals surface area contributed by atoms with Gasteiger partial charge < -0.3 is 10.3 Å². The van der Waals surface area contributed by atoms with Gasteiger partial charge in [-0.2, -0.15) is 5.10 Å². The van der Waals surface area contributed by atoms with Gasteiger partial charge in [-0.25, -0.2) is 0 Å². The number of fused-ring (bicyclic) bond motifs is 1. The van der Waals surface area contributed by atoms with Crippen LogP contribution >= 0.6 is 15.9 Å². The molecule has 2 aromatic heterocycles. The number of hydrogen-bond donors (Lipinski definition) is 1. The van der Waals surface area contributed by atoms with Crippen LogP contribution < -0.4 is 5.73 Å². The molecule has 0 aliphatic heterocycles.